The molecule has 0 saturated heterocycles. The number of hydrogen-bond donors (Lipinski definition) is 3. The molecule has 0 atom stereocenters. The zero-order valence-electron chi connectivity index (χ0n) is 6.73. The lowest BCUT2D eigenvalue weighted by atomic mass is 10.2. The third-order valence-electron chi connectivity index (χ3n) is 1.82. The molecule has 0 bridgehead atoms. The fourth-order valence-electron chi connectivity index (χ4n) is 1.21. The van der Waals surface area contributed by atoms with Crippen molar-refractivity contribution in [2.45, 2.75) is 0 Å². The first-order valence-corrected chi connectivity index (χ1v) is 3.74. The van der Waals surface area contributed by atoms with E-state index in [1.807, 2.05) is 24.3 Å². The number of rotatable bonds is 1. The van der Waals surface area contributed by atoms with Gasteiger partial charge < -0.3 is 10.9 Å². The Morgan fingerprint density at radius 2 is 2.23 bits per heavy atom. The maximum Gasteiger partial charge on any atom is 0.191 e. The average molecular weight is 176 g/mol. The predicted octanol–water partition coefficient (Wildman–Crippen LogP) is 0.657. The lowest BCUT2D eigenvalue weighted by molar-refractivity contribution is 0.318. The van der Waals surface area contributed by atoms with Crippen molar-refractivity contribution in [3.63, 3.8) is 0 Å². The van der Waals surface area contributed by atoms with Crippen LogP contribution < -0.4 is 5.73 Å². The summed E-state index contributed by atoms with van der Waals surface area (Å²) in [5.41, 5.74) is 6.76. The van der Waals surface area contributed by atoms with E-state index in [4.69, 9.17) is 10.9 Å². The van der Waals surface area contributed by atoms with Crippen LogP contribution in [0.2, 0.25) is 0 Å². The monoisotopic (exact) mass is 176 g/mol. The van der Waals surface area contributed by atoms with Crippen LogP contribution in [0.1, 0.15) is 5.69 Å². The first-order chi connectivity index (χ1) is 6.33. The number of fused-ring (bicyclic) bond motifs is 1. The van der Waals surface area contributed by atoms with Gasteiger partial charge in [-0.15, -0.1) is 0 Å². The highest BCUT2D eigenvalue weighted by molar-refractivity contribution is 6.06. The summed E-state index contributed by atoms with van der Waals surface area (Å²) in [5, 5.41) is 18.9. The second-order valence-corrected chi connectivity index (χ2v) is 2.60. The molecule has 1 aromatic heterocycles. The van der Waals surface area contributed by atoms with Crippen LogP contribution in [-0.2, 0) is 0 Å². The summed E-state index contributed by atoms with van der Waals surface area (Å²) in [6.45, 7) is 0. The summed E-state index contributed by atoms with van der Waals surface area (Å²) in [4.78, 5) is 0. The molecule has 5 heteroatoms. The topological polar surface area (TPSA) is 87.3 Å². The number of aromatic nitrogens is 2. The fourth-order valence-corrected chi connectivity index (χ4v) is 1.21. The van der Waals surface area contributed by atoms with E-state index < -0.39 is 0 Å². The van der Waals surface area contributed by atoms with Crippen molar-refractivity contribution in [2.75, 3.05) is 0 Å². The van der Waals surface area contributed by atoms with Crippen LogP contribution in [0, 0.1) is 0 Å². The second kappa shape index (κ2) is 2.78. The molecule has 0 fully saturated rings. The van der Waals surface area contributed by atoms with E-state index in [1.165, 1.54) is 0 Å². The Morgan fingerprint density at radius 3 is 3.00 bits per heavy atom. The Morgan fingerprint density at radius 1 is 1.46 bits per heavy atom. The Balaban J connectivity index is 2.71. The number of H-pyrrole nitrogens is 1. The van der Waals surface area contributed by atoms with Crippen LogP contribution in [-0.4, -0.2) is 21.2 Å². The summed E-state index contributed by atoms with van der Waals surface area (Å²) in [7, 11) is 0. The number of benzene rings is 1. The van der Waals surface area contributed by atoms with Crippen LogP contribution in [0.15, 0.2) is 29.4 Å². The number of aromatic amines is 1. The van der Waals surface area contributed by atoms with Gasteiger partial charge in [-0.25, -0.2) is 0 Å². The van der Waals surface area contributed by atoms with Gasteiger partial charge in [-0.05, 0) is 6.07 Å². The van der Waals surface area contributed by atoms with Crippen molar-refractivity contribution in [2.24, 2.45) is 10.9 Å². The van der Waals surface area contributed by atoms with Crippen molar-refractivity contribution in [3.05, 3.63) is 30.0 Å². The maximum absolute atomic E-state index is 8.48. The molecule has 0 aliphatic heterocycles. The maximum atomic E-state index is 8.48. The third kappa shape index (κ3) is 1.10. The highest BCUT2D eigenvalue weighted by atomic mass is 16.4. The molecule has 0 aliphatic carbocycles. The average Bonchev–Trinajstić information content (AvgIpc) is 2.60. The van der Waals surface area contributed by atoms with Gasteiger partial charge in [0.25, 0.3) is 0 Å². The smallest absolute Gasteiger partial charge is 0.191 e. The zero-order chi connectivity index (χ0) is 9.26. The van der Waals surface area contributed by atoms with Crippen LogP contribution in [0.3, 0.4) is 0 Å². The normalized spacial score (nSPS) is 12.2. The van der Waals surface area contributed by atoms with E-state index in [0.717, 1.165) is 10.9 Å². The Bertz CT molecular complexity index is 460. The van der Waals surface area contributed by atoms with Crippen molar-refractivity contribution < 1.29 is 5.21 Å². The van der Waals surface area contributed by atoms with Gasteiger partial charge in [-0.1, -0.05) is 23.4 Å². The Labute approximate surface area is 73.9 Å². The van der Waals surface area contributed by atoms with Gasteiger partial charge in [-0.2, -0.15) is 5.10 Å². The first kappa shape index (κ1) is 7.60. The lowest BCUT2D eigenvalue weighted by Crippen LogP contribution is -2.13. The van der Waals surface area contributed by atoms with E-state index in [2.05, 4.69) is 15.4 Å². The van der Waals surface area contributed by atoms with E-state index in [9.17, 15) is 0 Å². The van der Waals surface area contributed by atoms with Crippen molar-refractivity contribution in [1.29, 1.82) is 0 Å². The molecule has 0 unspecified atom stereocenters. The summed E-state index contributed by atoms with van der Waals surface area (Å²) in [6, 6.07) is 7.48. The van der Waals surface area contributed by atoms with Gasteiger partial charge in [0, 0.05) is 5.39 Å². The molecule has 0 saturated carbocycles. The minimum atomic E-state index is 0.0115. The summed E-state index contributed by atoms with van der Waals surface area (Å²) in [6.07, 6.45) is 0. The standard InChI is InChI=1S/C8H8N4O/c9-8(12-13)7-5-3-1-2-4-6(5)10-11-7/h1-4,13H,(H2,9,12)(H,10,11). The van der Waals surface area contributed by atoms with Gasteiger partial charge >= 0.3 is 0 Å². The van der Waals surface area contributed by atoms with Gasteiger partial charge in [0.1, 0.15) is 5.69 Å². The molecule has 66 valence electrons. The van der Waals surface area contributed by atoms with Crippen molar-refractivity contribution >= 4 is 16.7 Å². The van der Waals surface area contributed by atoms with Gasteiger partial charge in [0.15, 0.2) is 5.84 Å². The number of nitrogens with zero attached hydrogens (tertiary/aromatic N) is 2. The largest absolute Gasteiger partial charge is 0.409 e. The zero-order valence-corrected chi connectivity index (χ0v) is 6.73. The van der Waals surface area contributed by atoms with E-state index in [1.54, 1.807) is 0 Å². The molecular formula is C8H8N4O. The van der Waals surface area contributed by atoms with Crippen LogP contribution in [0.5, 0.6) is 0 Å². The molecule has 1 heterocycles. The van der Waals surface area contributed by atoms with Crippen LogP contribution in [0.25, 0.3) is 10.9 Å². The molecule has 1 aromatic carbocycles. The number of amidine groups is 1. The van der Waals surface area contributed by atoms with Crippen LogP contribution in [0.4, 0.5) is 0 Å². The molecule has 2 rings (SSSR count). The number of nitrogens with two attached hydrogens (primary N) is 1. The molecule has 0 spiro atoms. The molecule has 5 nitrogen and oxygen atoms in total. The van der Waals surface area contributed by atoms with Crippen molar-refractivity contribution in [3.8, 4) is 0 Å². The SMILES string of the molecule is N/C(=N\O)c1n[nH]c2ccccc12. The highest BCUT2D eigenvalue weighted by Crippen LogP contribution is 2.14. The first-order valence-electron chi connectivity index (χ1n) is 3.74. The van der Waals surface area contributed by atoms with E-state index >= 15 is 0 Å². The summed E-state index contributed by atoms with van der Waals surface area (Å²) in [5.74, 6) is 0.0115. The number of hydrogen-bond acceptors (Lipinski definition) is 3. The number of para-hydroxylation sites is 1. The molecule has 0 aliphatic rings. The van der Waals surface area contributed by atoms with Crippen LogP contribution >= 0.6 is 0 Å². The summed E-state index contributed by atoms with van der Waals surface area (Å²) >= 11 is 0. The lowest BCUT2D eigenvalue weighted by Gasteiger charge is -1.91. The van der Waals surface area contributed by atoms with Crippen molar-refractivity contribution in [1.82, 2.24) is 10.2 Å². The summed E-state index contributed by atoms with van der Waals surface area (Å²) < 4.78 is 0. The molecule has 0 amide bonds. The minimum Gasteiger partial charge on any atom is -0.409 e. The molecule has 13 heavy (non-hydrogen) atoms. The van der Waals surface area contributed by atoms with E-state index in [-0.39, 0.29) is 5.84 Å². The van der Waals surface area contributed by atoms with Gasteiger partial charge in [0.2, 0.25) is 0 Å². The van der Waals surface area contributed by atoms with Gasteiger partial charge in [0.05, 0.1) is 5.52 Å². The molecule has 2 aromatic rings. The van der Waals surface area contributed by atoms with E-state index in [0.29, 0.717) is 5.69 Å². The van der Waals surface area contributed by atoms with Gasteiger partial charge in [-0.3, -0.25) is 5.10 Å². The fraction of sp³-hybridized carbons (Fsp3) is 0. The second-order valence-electron chi connectivity index (χ2n) is 2.60. The molecule has 4 N–H and O–H groups in total. The Hall–Kier alpha value is -2.04. The third-order valence-corrected chi connectivity index (χ3v) is 1.82. The minimum absolute atomic E-state index is 0.0115. The number of nitrogens with one attached hydrogen (secondary N) is 1. The Kier molecular flexibility index (Phi) is 1.63. The number of oxime groups is 1. The highest BCUT2D eigenvalue weighted by Gasteiger charge is 2.07. The molecule has 0 radical (unpaired) electrons. The predicted molar refractivity (Wildman–Crippen MR) is 48.6 cm³/mol. The quantitative estimate of drug-likeness (QED) is 0.258. The molecular weight excluding hydrogens is 168 g/mol.